The molecule has 2 aliphatic rings. The molecule has 3 rings (SSSR count). The largest absolute Gasteiger partial charge is 0.336 e. The van der Waals surface area contributed by atoms with Crippen LogP contribution in [0.15, 0.2) is 18.3 Å². The molecule has 1 aromatic rings. The number of nitrogens with two attached hydrogens (primary N) is 1. The fourth-order valence-electron chi connectivity index (χ4n) is 3.25. The van der Waals surface area contributed by atoms with Crippen molar-refractivity contribution in [3.63, 3.8) is 0 Å². The van der Waals surface area contributed by atoms with E-state index in [9.17, 15) is 4.79 Å². The van der Waals surface area contributed by atoms with Crippen LogP contribution in [-0.2, 0) is 6.54 Å². The van der Waals surface area contributed by atoms with Crippen molar-refractivity contribution in [2.24, 2.45) is 5.73 Å². The molecular formula is C15H22N4O. The van der Waals surface area contributed by atoms with Crippen LogP contribution in [0.4, 0.5) is 0 Å². The minimum absolute atomic E-state index is 0.118. The highest BCUT2D eigenvalue weighted by molar-refractivity contribution is 5.94. The van der Waals surface area contributed by atoms with Gasteiger partial charge in [-0.15, -0.1) is 0 Å². The molecule has 20 heavy (non-hydrogen) atoms. The number of nitrogens with zero attached hydrogens (tertiary/aromatic N) is 3. The topological polar surface area (TPSA) is 62.5 Å². The summed E-state index contributed by atoms with van der Waals surface area (Å²) in [6.07, 6.45) is 5.48. The maximum atomic E-state index is 12.6. The monoisotopic (exact) mass is 274 g/mol. The van der Waals surface area contributed by atoms with Crippen LogP contribution in [0.25, 0.3) is 0 Å². The Balaban J connectivity index is 1.70. The van der Waals surface area contributed by atoms with Gasteiger partial charge in [0.05, 0.1) is 5.69 Å². The summed E-state index contributed by atoms with van der Waals surface area (Å²) in [4.78, 5) is 21.2. The molecule has 108 valence electrons. The summed E-state index contributed by atoms with van der Waals surface area (Å²) in [6.45, 7) is 4.26. The van der Waals surface area contributed by atoms with Crippen molar-refractivity contribution in [3.05, 3.63) is 29.6 Å². The number of carbonyl (C=O) groups is 1. The molecule has 0 radical (unpaired) electrons. The highest BCUT2D eigenvalue weighted by atomic mass is 16.2. The molecule has 2 N–H and O–H groups in total. The molecule has 0 spiro atoms. The van der Waals surface area contributed by atoms with Gasteiger partial charge in [-0.05, 0) is 31.5 Å². The smallest absolute Gasteiger partial charge is 0.254 e. The standard InChI is InChI=1S/C15H22N4O/c16-10-13-9-12(4-5-17-13)15(20)19-8-7-18-6-2-1-3-14(18)11-19/h4-5,9,14H,1-3,6-8,10-11,16H2. The number of fused-ring (bicyclic) bond motifs is 1. The Labute approximate surface area is 119 Å². The molecule has 5 nitrogen and oxygen atoms in total. The summed E-state index contributed by atoms with van der Waals surface area (Å²) in [6, 6.07) is 4.15. The van der Waals surface area contributed by atoms with Gasteiger partial charge in [-0.25, -0.2) is 0 Å². The van der Waals surface area contributed by atoms with E-state index >= 15 is 0 Å². The summed E-state index contributed by atoms with van der Waals surface area (Å²) < 4.78 is 0. The molecule has 0 aliphatic carbocycles. The quantitative estimate of drug-likeness (QED) is 0.868. The van der Waals surface area contributed by atoms with E-state index in [1.807, 2.05) is 11.0 Å². The average Bonchev–Trinajstić information content (AvgIpc) is 2.53. The third-order valence-corrected chi connectivity index (χ3v) is 4.40. The number of rotatable bonds is 2. The van der Waals surface area contributed by atoms with E-state index in [4.69, 9.17) is 5.73 Å². The van der Waals surface area contributed by atoms with Crippen LogP contribution in [0.2, 0.25) is 0 Å². The van der Waals surface area contributed by atoms with Gasteiger partial charge in [-0.3, -0.25) is 14.7 Å². The predicted molar refractivity (Wildman–Crippen MR) is 77.2 cm³/mol. The SMILES string of the molecule is NCc1cc(C(=O)N2CCN3CCCCC3C2)ccn1. The second kappa shape index (κ2) is 5.89. The molecule has 2 aliphatic heterocycles. The number of carbonyl (C=O) groups excluding carboxylic acids is 1. The Kier molecular flexibility index (Phi) is 3.98. The minimum atomic E-state index is 0.118. The van der Waals surface area contributed by atoms with Gasteiger partial charge >= 0.3 is 0 Å². The molecule has 2 fully saturated rings. The van der Waals surface area contributed by atoms with E-state index in [-0.39, 0.29) is 5.91 Å². The lowest BCUT2D eigenvalue weighted by Crippen LogP contribution is -2.56. The number of pyridine rings is 1. The van der Waals surface area contributed by atoms with Gasteiger partial charge in [0.25, 0.3) is 5.91 Å². The minimum Gasteiger partial charge on any atom is -0.336 e. The van der Waals surface area contributed by atoms with Crippen molar-refractivity contribution < 1.29 is 4.79 Å². The highest BCUT2D eigenvalue weighted by Gasteiger charge is 2.31. The molecule has 1 amide bonds. The zero-order valence-electron chi connectivity index (χ0n) is 11.8. The fraction of sp³-hybridized carbons (Fsp3) is 0.600. The van der Waals surface area contributed by atoms with E-state index < -0.39 is 0 Å². The van der Waals surface area contributed by atoms with Crippen molar-refractivity contribution in [2.75, 3.05) is 26.2 Å². The van der Waals surface area contributed by atoms with Crippen LogP contribution in [0.3, 0.4) is 0 Å². The fourth-order valence-corrected chi connectivity index (χ4v) is 3.25. The number of amides is 1. The molecule has 0 aromatic carbocycles. The van der Waals surface area contributed by atoms with Crippen LogP contribution < -0.4 is 5.73 Å². The molecular weight excluding hydrogens is 252 g/mol. The molecule has 5 heteroatoms. The van der Waals surface area contributed by atoms with Crippen molar-refractivity contribution in [1.82, 2.24) is 14.8 Å². The van der Waals surface area contributed by atoms with Crippen LogP contribution >= 0.6 is 0 Å². The first-order valence-corrected chi connectivity index (χ1v) is 7.46. The molecule has 3 heterocycles. The Bertz CT molecular complexity index is 491. The highest BCUT2D eigenvalue weighted by Crippen LogP contribution is 2.22. The lowest BCUT2D eigenvalue weighted by Gasteiger charge is -2.44. The molecule has 0 saturated carbocycles. The number of piperidine rings is 1. The second-order valence-electron chi connectivity index (χ2n) is 5.68. The number of hydrogen-bond donors (Lipinski definition) is 1. The first kappa shape index (κ1) is 13.5. The summed E-state index contributed by atoms with van der Waals surface area (Å²) in [5, 5.41) is 0. The zero-order chi connectivity index (χ0) is 13.9. The molecule has 1 atom stereocenters. The van der Waals surface area contributed by atoms with Crippen molar-refractivity contribution in [2.45, 2.75) is 31.8 Å². The zero-order valence-corrected chi connectivity index (χ0v) is 11.8. The number of piperazine rings is 1. The van der Waals surface area contributed by atoms with E-state index in [1.54, 1.807) is 12.3 Å². The third kappa shape index (κ3) is 2.69. The van der Waals surface area contributed by atoms with Crippen molar-refractivity contribution >= 4 is 5.91 Å². The predicted octanol–water partition coefficient (Wildman–Crippen LogP) is 0.851. The first-order valence-electron chi connectivity index (χ1n) is 7.46. The normalized spacial score (nSPS) is 23.4. The van der Waals surface area contributed by atoms with E-state index in [1.165, 1.54) is 25.8 Å². The van der Waals surface area contributed by atoms with Crippen LogP contribution in [0, 0.1) is 0 Å². The molecule has 1 unspecified atom stereocenters. The van der Waals surface area contributed by atoms with E-state index in [0.717, 1.165) is 25.3 Å². The lowest BCUT2D eigenvalue weighted by atomic mass is 9.99. The van der Waals surface area contributed by atoms with Gasteiger partial charge in [0, 0.05) is 44.0 Å². The Morgan fingerprint density at radius 3 is 3.10 bits per heavy atom. The number of aromatic nitrogens is 1. The maximum absolute atomic E-state index is 12.6. The molecule has 0 bridgehead atoms. The summed E-state index contributed by atoms with van der Waals surface area (Å²) in [5.74, 6) is 0.118. The van der Waals surface area contributed by atoms with Gasteiger partial charge in [-0.2, -0.15) is 0 Å². The summed E-state index contributed by atoms with van der Waals surface area (Å²) in [5.41, 5.74) is 7.07. The Hall–Kier alpha value is -1.46. The third-order valence-electron chi connectivity index (χ3n) is 4.40. The number of hydrogen-bond acceptors (Lipinski definition) is 4. The van der Waals surface area contributed by atoms with Crippen LogP contribution in [0.5, 0.6) is 0 Å². The molecule has 1 aromatic heterocycles. The van der Waals surface area contributed by atoms with Gasteiger partial charge in [0.1, 0.15) is 0 Å². The Morgan fingerprint density at radius 2 is 2.25 bits per heavy atom. The first-order chi connectivity index (χ1) is 9.78. The van der Waals surface area contributed by atoms with Gasteiger partial charge in [0.2, 0.25) is 0 Å². The van der Waals surface area contributed by atoms with E-state index in [2.05, 4.69) is 9.88 Å². The Morgan fingerprint density at radius 1 is 1.35 bits per heavy atom. The van der Waals surface area contributed by atoms with Gasteiger partial charge in [-0.1, -0.05) is 6.42 Å². The van der Waals surface area contributed by atoms with Gasteiger partial charge in [0.15, 0.2) is 0 Å². The summed E-state index contributed by atoms with van der Waals surface area (Å²) in [7, 11) is 0. The van der Waals surface area contributed by atoms with Gasteiger partial charge < -0.3 is 10.6 Å². The van der Waals surface area contributed by atoms with Crippen molar-refractivity contribution in [1.29, 1.82) is 0 Å². The second-order valence-corrected chi connectivity index (χ2v) is 5.68. The van der Waals surface area contributed by atoms with Crippen LogP contribution in [0.1, 0.15) is 35.3 Å². The van der Waals surface area contributed by atoms with Crippen molar-refractivity contribution in [3.8, 4) is 0 Å². The average molecular weight is 274 g/mol. The molecule has 2 saturated heterocycles. The maximum Gasteiger partial charge on any atom is 0.254 e. The van der Waals surface area contributed by atoms with E-state index in [0.29, 0.717) is 18.2 Å². The lowest BCUT2D eigenvalue weighted by molar-refractivity contribution is 0.0372. The van der Waals surface area contributed by atoms with Crippen LogP contribution in [-0.4, -0.2) is 52.9 Å². The summed E-state index contributed by atoms with van der Waals surface area (Å²) >= 11 is 0.